The summed E-state index contributed by atoms with van der Waals surface area (Å²) in [6.45, 7) is 4.66. The Bertz CT molecular complexity index is 497. The Hall–Kier alpha value is -0.940. The first kappa shape index (κ1) is 15.9. The fraction of sp³-hybridized carbons (Fsp3) is 0.765. The van der Waals surface area contributed by atoms with Crippen LogP contribution in [0.15, 0.2) is 5.38 Å². The van der Waals surface area contributed by atoms with Crippen molar-refractivity contribution in [1.82, 2.24) is 9.88 Å². The van der Waals surface area contributed by atoms with Crippen molar-refractivity contribution < 1.29 is 9.53 Å². The lowest BCUT2D eigenvalue weighted by molar-refractivity contribution is -0.133. The van der Waals surface area contributed by atoms with Crippen LogP contribution in [0.2, 0.25) is 0 Å². The van der Waals surface area contributed by atoms with E-state index in [1.54, 1.807) is 11.3 Å². The van der Waals surface area contributed by atoms with E-state index in [1.807, 2.05) is 11.8 Å². The molecular formula is C17H26N2O2S. The summed E-state index contributed by atoms with van der Waals surface area (Å²) in [5.41, 5.74) is 1.10. The Kier molecular flexibility index (Phi) is 5.47. The van der Waals surface area contributed by atoms with Gasteiger partial charge >= 0.3 is 0 Å². The molecule has 4 nitrogen and oxygen atoms in total. The maximum Gasteiger partial charge on any atom is 0.222 e. The van der Waals surface area contributed by atoms with Crippen molar-refractivity contribution in [3.05, 3.63) is 16.1 Å². The average molecular weight is 322 g/mol. The second-order valence-corrected chi connectivity index (χ2v) is 7.42. The average Bonchev–Trinajstić information content (AvgIpc) is 3.00. The van der Waals surface area contributed by atoms with Crippen LogP contribution in [-0.2, 0) is 9.53 Å². The second-order valence-electron chi connectivity index (χ2n) is 6.53. The summed E-state index contributed by atoms with van der Waals surface area (Å²) in [5.74, 6) is 0.731. The Morgan fingerprint density at radius 3 is 3.05 bits per heavy atom. The van der Waals surface area contributed by atoms with Crippen molar-refractivity contribution in [3.63, 3.8) is 0 Å². The van der Waals surface area contributed by atoms with E-state index in [9.17, 15) is 4.79 Å². The molecule has 122 valence electrons. The van der Waals surface area contributed by atoms with Crippen LogP contribution in [0, 0.1) is 6.92 Å². The number of ether oxygens (including phenoxy) is 1. The van der Waals surface area contributed by atoms with E-state index in [4.69, 9.17) is 4.74 Å². The number of aryl methyl sites for hydroxylation is 1. The number of carbonyl (C=O) groups is 1. The van der Waals surface area contributed by atoms with E-state index in [0.717, 1.165) is 51.1 Å². The molecule has 1 aromatic rings. The molecule has 0 saturated carbocycles. The zero-order valence-corrected chi connectivity index (χ0v) is 14.2. The highest BCUT2D eigenvalue weighted by Crippen LogP contribution is 2.29. The third-order valence-electron chi connectivity index (χ3n) is 4.71. The zero-order valence-electron chi connectivity index (χ0n) is 13.4. The van der Waals surface area contributed by atoms with Crippen molar-refractivity contribution in [2.24, 2.45) is 0 Å². The van der Waals surface area contributed by atoms with Crippen LogP contribution in [0.4, 0.5) is 0 Å². The largest absolute Gasteiger partial charge is 0.378 e. The molecule has 0 unspecified atom stereocenters. The van der Waals surface area contributed by atoms with Crippen molar-refractivity contribution in [2.45, 2.75) is 63.9 Å². The molecule has 0 spiro atoms. The molecule has 0 bridgehead atoms. The predicted molar refractivity (Wildman–Crippen MR) is 88.2 cm³/mol. The number of hydrogen-bond donors (Lipinski definition) is 0. The second kappa shape index (κ2) is 7.55. The van der Waals surface area contributed by atoms with E-state index in [1.165, 1.54) is 17.8 Å². The third-order valence-corrected chi connectivity index (χ3v) is 5.84. The number of thiazole rings is 1. The van der Waals surface area contributed by atoms with Gasteiger partial charge in [-0.05, 0) is 45.4 Å². The quantitative estimate of drug-likeness (QED) is 0.852. The van der Waals surface area contributed by atoms with Gasteiger partial charge < -0.3 is 9.64 Å². The van der Waals surface area contributed by atoms with Gasteiger partial charge in [0.05, 0.1) is 11.1 Å². The number of nitrogens with zero attached hydrogens (tertiary/aromatic N) is 2. The van der Waals surface area contributed by atoms with Gasteiger partial charge in [0.2, 0.25) is 5.91 Å². The van der Waals surface area contributed by atoms with E-state index >= 15 is 0 Å². The molecule has 0 aromatic carbocycles. The summed E-state index contributed by atoms with van der Waals surface area (Å²) in [6.07, 6.45) is 7.61. The number of carbonyl (C=O) groups excluding carboxylic acids is 1. The smallest absolute Gasteiger partial charge is 0.222 e. The molecule has 3 rings (SSSR count). The van der Waals surface area contributed by atoms with E-state index in [2.05, 4.69) is 10.4 Å². The molecule has 2 aliphatic rings. The van der Waals surface area contributed by atoms with E-state index in [0.29, 0.717) is 24.3 Å². The monoisotopic (exact) mass is 322 g/mol. The lowest BCUT2D eigenvalue weighted by Crippen LogP contribution is -2.39. The number of rotatable bonds is 4. The Labute approximate surface area is 136 Å². The summed E-state index contributed by atoms with van der Waals surface area (Å²) >= 11 is 1.74. The highest BCUT2D eigenvalue weighted by atomic mass is 32.1. The van der Waals surface area contributed by atoms with Gasteiger partial charge in [0.1, 0.15) is 0 Å². The Morgan fingerprint density at radius 2 is 2.32 bits per heavy atom. The molecule has 0 aliphatic carbocycles. The third kappa shape index (κ3) is 4.07. The van der Waals surface area contributed by atoms with E-state index in [-0.39, 0.29) is 0 Å². The molecule has 1 amide bonds. The number of amides is 1. The van der Waals surface area contributed by atoms with Gasteiger partial charge in [0, 0.05) is 43.1 Å². The lowest BCUT2D eigenvalue weighted by atomic mass is 9.97. The van der Waals surface area contributed by atoms with Gasteiger partial charge in [-0.3, -0.25) is 4.79 Å². The highest BCUT2D eigenvalue weighted by Gasteiger charge is 2.27. The van der Waals surface area contributed by atoms with Gasteiger partial charge in [-0.1, -0.05) is 0 Å². The van der Waals surface area contributed by atoms with Gasteiger partial charge in [-0.25, -0.2) is 4.98 Å². The molecule has 3 heterocycles. The summed E-state index contributed by atoms with van der Waals surface area (Å²) < 4.78 is 5.73. The normalized spacial score (nSPS) is 26.1. The molecule has 0 radical (unpaired) electrons. The SMILES string of the molecule is Cc1csc([C@H]2CCCN(C(=O)CC[C@H]3CCCCO3)C2)n1. The Morgan fingerprint density at radius 1 is 1.41 bits per heavy atom. The van der Waals surface area contributed by atoms with Crippen LogP contribution in [-0.4, -0.2) is 41.6 Å². The molecule has 5 heteroatoms. The van der Waals surface area contributed by atoms with Gasteiger partial charge in [0.15, 0.2) is 0 Å². The number of piperidine rings is 1. The summed E-state index contributed by atoms with van der Waals surface area (Å²) in [7, 11) is 0. The molecule has 1 aromatic heterocycles. The molecule has 22 heavy (non-hydrogen) atoms. The van der Waals surface area contributed by atoms with Crippen molar-refractivity contribution in [2.75, 3.05) is 19.7 Å². The number of hydrogen-bond acceptors (Lipinski definition) is 4. The van der Waals surface area contributed by atoms with Gasteiger partial charge in [-0.2, -0.15) is 0 Å². The fourth-order valence-electron chi connectivity index (χ4n) is 3.44. The minimum absolute atomic E-state index is 0.298. The molecule has 2 fully saturated rings. The summed E-state index contributed by atoms with van der Waals surface area (Å²) in [5, 5.41) is 3.31. The van der Waals surface area contributed by atoms with Gasteiger partial charge in [0.25, 0.3) is 0 Å². The topological polar surface area (TPSA) is 42.4 Å². The van der Waals surface area contributed by atoms with Crippen LogP contribution in [0.25, 0.3) is 0 Å². The maximum absolute atomic E-state index is 12.5. The summed E-state index contributed by atoms with van der Waals surface area (Å²) in [6, 6.07) is 0. The van der Waals surface area contributed by atoms with Crippen LogP contribution in [0.1, 0.15) is 61.6 Å². The molecule has 0 N–H and O–H groups in total. The number of likely N-dealkylation sites (tertiary alicyclic amines) is 1. The molecule has 2 aliphatic heterocycles. The van der Waals surface area contributed by atoms with Crippen LogP contribution in [0.3, 0.4) is 0 Å². The molecular weight excluding hydrogens is 296 g/mol. The van der Waals surface area contributed by atoms with Gasteiger partial charge in [-0.15, -0.1) is 11.3 Å². The molecule has 2 saturated heterocycles. The zero-order chi connectivity index (χ0) is 15.4. The standard InChI is InChI=1S/C17H26N2O2S/c1-13-12-22-17(18-13)14-5-4-9-19(11-14)16(20)8-7-15-6-2-3-10-21-15/h12,14-15H,2-11H2,1H3/t14-,15+/m0/s1. The van der Waals surface area contributed by atoms with Crippen molar-refractivity contribution in [3.8, 4) is 0 Å². The summed E-state index contributed by atoms with van der Waals surface area (Å²) in [4.78, 5) is 19.1. The van der Waals surface area contributed by atoms with Crippen molar-refractivity contribution >= 4 is 17.2 Å². The predicted octanol–water partition coefficient (Wildman–Crippen LogP) is 3.51. The van der Waals surface area contributed by atoms with Crippen LogP contribution in [0.5, 0.6) is 0 Å². The van der Waals surface area contributed by atoms with E-state index < -0.39 is 0 Å². The Balaban J connectivity index is 1.49. The maximum atomic E-state index is 12.5. The minimum Gasteiger partial charge on any atom is -0.378 e. The first-order chi connectivity index (χ1) is 10.7. The first-order valence-corrected chi connectivity index (χ1v) is 9.42. The number of aromatic nitrogens is 1. The molecule has 2 atom stereocenters. The highest BCUT2D eigenvalue weighted by molar-refractivity contribution is 7.09. The van der Waals surface area contributed by atoms with Crippen molar-refractivity contribution in [1.29, 1.82) is 0 Å². The van der Waals surface area contributed by atoms with Crippen LogP contribution >= 0.6 is 11.3 Å². The lowest BCUT2D eigenvalue weighted by Gasteiger charge is -2.32. The fourth-order valence-corrected chi connectivity index (χ4v) is 4.37. The van der Waals surface area contributed by atoms with Crippen LogP contribution < -0.4 is 0 Å². The first-order valence-electron chi connectivity index (χ1n) is 8.54. The minimum atomic E-state index is 0.298.